The van der Waals surface area contributed by atoms with Crippen molar-refractivity contribution in [2.24, 2.45) is 0 Å². The molecule has 0 aliphatic heterocycles. The van der Waals surface area contributed by atoms with Gasteiger partial charge in [-0.15, -0.1) is 0 Å². The normalized spacial score (nSPS) is 12.1. The van der Waals surface area contributed by atoms with E-state index in [1.165, 1.54) is 49.7 Å². The molecule has 0 N–H and O–H groups in total. The van der Waals surface area contributed by atoms with Gasteiger partial charge in [0.05, 0.1) is 12.7 Å². The van der Waals surface area contributed by atoms with Gasteiger partial charge in [0.1, 0.15) is 5.78 Å². The Bertz CT molecular complexity index is 464. The number of Topliss-reactive ketones (excluding diaryl/α,β-unsaturated/α-hetero) is 1. The standard InChI is InChI=1S/C22H34O2/c1-19(21(3)24-18-22-16-12-9-13-17-22)14-10-7-5-4-6-8-11-15-20(2)23/h9,12-13,16-17,21H,1,4-8,10-11,14-15,18H2,2-3H3. The number of ether oxygens (including phenoxy) is 1. The minimum absolute atomic E-state index is 0.122. The van der Waals surface area contributed by atoms with E-state index in [4.69, 9.17) is 4.74 Å². The Morgan fingerprint density at radius 2 is 1.50 bits per heavy atom. The molecule has 24 heavy (non-hydrogen) atoms. The first-order valence-corrected chi connectivity index (χ1v) is 9.42. The van der Waals surface area contributed by atoms with E-state index in [1.54, 1.807) is 6.92 Å². The van der Waals surface area contributed by atoms with Crippen LogP contribution in [0, 0.1) is 0 Å². The Labute approximate surface area is 148 Å². The van der Waals surface area contributed by atoms with Crippen molar-refractivity contribution in [2.75, 3.05) is 0 Å². The largest absolute Gasteiger partial charge is 0.369 e. The van der Waals surface area contributed by atoms with Crippen LogP contribution in [0.1, 0.15) is 77.2 Å². The summed E-state index contributed by atoms with van der Waals surface area (Å²) < 4.78 is 5.90. The van der Waals surface area contributed by atoms with E-state index >= 15 is 0 Å². The van der Waals surface area contributed by atoms with Gasteiger partial charge < -0.3 is 9.53 Å². The van der Waals surface area contributed by atoms with Crippen molar-refractivity contribution in [1.82, 2.24) is 0 Å². The van der Waals surface area contributed by atoms with Gasteiger partial charge in [-0.3, -0.25) is 0 Å². The quantitative estimate of drug-likeness (QED) is 0.298. The fraction of sp³-hybridized carbons (Fsp3) is 0.591. The van der Waals surface area contributed by atoms with E-state index in [2.05, 4.69) is 25.6 Å². The van der Waals surface area contributed by atoms with Crippen molar-refractivity contribution in [1.29, 1.82) is 0 Å². The van der Waals surface area contributed by atoms with Gasteiger partial charge in [0.15, 0.2) is 0 Å². The Morgan fingerprint density at radius 1 is 0.958 bits per heavy atom. The molecule has 0 saturated carbocycles. The molecule has 2 nitrogen and oxygen atoms in total. The van der Waals surface area contributed by atoms with Gasteiger partial charge in [-0.05, 0) is 44.2 Å². The molecule has 1 unspecified atom stereocenters. The first kappa shape index (κ1) is 20.6. The molecule has 1 atom stereocenters. The topological polar surface area (TPSA) is 26.3 Å². The summed E-state index contributed by atoms with van der Waals surface area (Å²) in [4.78, 5) is 10.8. The molecule has 0 aliphatic carbocycles. The van der Waals surface area contributed by atoms with Crippen molar-refractivity contribution in [2.45, 2.75) is 84.3 Å². The maximum absolute atomic E-state index is 10.8. The van der Waals surface area contributed by atoms with E-state index < -0.39 is 0 Å². The van der Waals surface area contributed by atoms with Gasteiger partial charge in [0, 0.05) is 6.42 Å². The van der Waals surface area contributed by atoms with E-state index in [-0.39, 0.29) is 6.10 Å². The number of carbonyl (C=O) groups is 1. The highest BCUT2D eigenvalue weighted by Gasteiger charge is 2.07. The molecule has 0 aliphatic rings. The fourth-order valence-corrected chi connectivity index (χ4v) is 2.73. The predicted octanol–water partition coefficient (Wildman–Crippen LogP) is 6.25. The van der Waals surface area contributed by atoms with Crippen molar-refractivity contribution in [3.05, 3.63) is 48.0 Å². The first-order valence-electron chi connectivity index (χ1n) is 9.42. The van der Waals surface area contributed by atoms with E-state index in [1.807, 2.05) is 18.2 Å². The second-order valence-corrected chi connectivity index (χ2v) is 6.77. The molecule has 0 heterocycles. The maximum Gasteiger partial charge on any atom is 0.129 e. The third-order valence-corrected chi connectivity index (χ3v) is 4.44. The van der Waals surface area contributed by atoms with Crippen LogP contribution in [0.4, 0.5) is 0 Å². The van der Waals surface area contributed by atoms with Crippen molar-refractivity contribution in [3.8, 4) is 0 Å². The lowest BCUT2D eigenvalue weighted by Crippen LogP contribution is -2.10. The van der Waals surface area contributed by atoms with Crippen LogP contribution in [0.3, 0.4) is 0 Å². The zero-order valence-corrected chi connectivity index (χ0v) is 15.6. The minimum Gasteiger partial charge on any atom is -0.369 e. The number of hydrogen-bond donors (Lipinski definition) is 0. The third kappa shape index (κ3) is 10.4. The molecule has 1 rings (SSSR count). The molecule has 1 aromatic carbocycles. The number of hydrogen-bond acceptors (Lipinski definition) is 2. The van der Waals surface area contributed by atoms with Crippen molar-refractivity contribution >= 4 is 5.78 Å². The van der Waals surface area contributed by atoms with Crippen LogP contribution in [0.5, 0.6) is 0 Å². The maximum atomic E-state index is 10.8. The van der Waals surface area contributed by atoms with Crippen LogP contribution in [-0.2, 0) is 16.1 Å². The van der Waals surface area contributed by atoms with Crippen LogP contribution in [0.2, 0.25) is 0 Å². The van der Waals surface area contributed by atoms with Gasteiger partial charge in [-0.1, -0.05) is 69.0 Å². The van der Waals surface area contributed by atoms with E-state index in [0.29, 0.717) is 12.4 Å². The number of unbranched alkanes of at least 4 members (excludes halogenated alkanes) is 6. The summed E-state index contributed by atoms with van der Waals surface area (Å²) in [6.07, 6.45) is 10.5. The molecule has 0 bridgehead atoms. The SMILES string of the molecule is C=C(CCCCCCCCCC(C)=O)C(C)OCc1ccccc1. The summed E-state index contributed by atoms with van der Waals surface area (Å²) in [5, 5.41) is 0. The molecule has 134 valence electrons. The average Bonchev–Trinajstić information content (AvgIpc) is 2.58. The molecule has 0 fully saturated rings. The summed E-state index contributed by atoms with van der Waals surface area (Å²) in [7, 11) is 0. The number of carbonyl (C=O) groups excluding carboxylic acids is 1. The van der Waals surface area contributed by atoms with Gasteiger partial charge in [-0.25, -0.2) is 0 Å². The molecule has 0 radical (unpaired) electrons. The number of rotatable bonds is 14. The molecule has 0 amide bonds. The van der Waals surface area contributed by atoms with Crippen LogP contribution in [-0.4, -0.2) is 11.9 Å². The fourth-order valence-electron chi connectivity index (χ4n) is 2.73. The number of ketones is 1. The molecule has 0 aromatic heterocycles. The molecule has 2 heteroatoms. The first-order chi connectivity index (χ1) is 11.6. The summed E-state index contributed by atoms with van der Waals surface area (Å²) in [6.45, 7) is 8.61. The lowest BCUT2D eigenvalue weighted by molar-refractivity contribution is -0.117. The van der Waals surface area contributed by atoms with E-state index in [9.17, 15) is 4.79 Å². The highest BCUT2D eigenvalue weighted by molar-refractivity contribution is 5.75. The highest BCUT2D eigenvalue weighted by atomic mass is 16.5. The average molecular weight is 331 g/mol. The van der Waals surface area contributed by atoms with Gasteiger partial charge >= 0.3 is 0 Å². The summed E-state index contributed by atoms with van der Waals surface area (Å²) >= 11 is 0. The summed E-state index contributed by atoms with van der Waals surface area (Å²) in [5.74, 6) is 0.317. The molecule has 0 spiro atoms. The predicted molar refractivity (Wildman–Crippen MR) is 102 cm³/mol. The monoisotopic (exact) mass is 330 g/mol. The van der Waals surface area contributed by atoms with Gasteiger partial charge in [0.25, 0.3) is 0 Å². The number of benzene rings is 1. The minimum atomic E-state index is 0.122. The zero-order valence-electron chi connectivity index (χ0n) is 15.6. The van der Waals surface area contributed by atoms with Crippen molar-refractivity contribution in [3.63, 3.8) is 0 Å². The van der Waals surface area contributed by atoms with Crippen molar-refractivity contribution < 1.29 is 9.53 Å². The summed E-state index contributed by atoms with van der Waals surface area (Å²) in [5.41, 5.74) is 2.41. The van der Waals surface area contributed by atoms with Crippen LogP contribution in [0.25, 0.3) is 0 Å². The molecule has 0 saturated heterocycles. The van der Waals surface area contributed by atoms with Gasteiger partial charge in [0.2, 0.25) is 0 Å². The molecular weight excluding hydrogens is 296 g/mol. The van der Waals surface area contributed by atoms with Crippen LogP contribution < -0.4 is 0 Å². The van der Waals surface area contributed by atoms with Gasteiger partial charge in [-0.2, -0.15) is 0 Å². The molecular formula is C22H34O2. The second kappa shape index (κ2) is 12.9. The highest BCUT2D eigenvalue weighted by Crippen LogP contribution is 2.16. The lowest BCUT2D eigenvalue weighted by Gasteiger charge is -2.16. The van der Waals surface area contributed by atoms with E-state index in [0.717, 1.165) is 19.3 Å². The summed E-state index contributed by atoms with van der Waals surface area (Å²) in [6, 6.07) is 10.3. The Hall–Kier alpha value is -1.41. The lowest BCUT2D eigenvalue weighted by atomic mass is 10.0. The van der Waals surface area contributed by atoms with Crippen LogP contribution >= 0.6 is 0 Å². The third-order valence-electron chi connectivity index (χ3n) is 4.44. The smallest absolute Gasteiger partial charge is 0.129 e. The Kier molecular flexibility index (Phi) is 11.1. The molecule has 1 aromatic rings. The van der Waals surface area contributed by atoms with Crippen LogP contribution in [0.15, 0.2) is 42.5 Å². The Balaban J connectivity index is 1.98. The Morgan fingerprint density at radius 3 is 2.08 bits per heavy atom. The second-order valence-electron chi connectivity index (χ2n) is 6.77. The zero-order chi connectivity index (χ0) is 17.6.